The molecule has 2 heterocycles. The van der Waals surface area contributed by atoms with Crippen molar-refractivity contribution in [2.24, 2.45) is 0 Å². The lowest BCUT2D eigenvalue weighted by molar-refractivity contribution is -0.138. The molecule has 0 spiro atoms. The van der Waals surface area contributed by atoms with Gasteiger partial charge in [-0.3, -0.25) is 4.79 Å². The predicted molar refractivity (Wildman–Crippen MR) is 118 cm³/mol. The standard InChI is InChI=1S/C22H17BrF3N3O5/c1-33-10-9-29(20(30)17-6-4-13(23)12-28-17)18-7-5-14(11-15(18)21(31)32)34-19-16(22(24,25)26)3-2-8-27-19/h2-8,11-12H,9-10H2,1H3,(H,31,32). The Bertz CT molecular complexity index is 1190. The summed E-state index contributed by atoms with van der Waals surface area (Å²) in [6, 6.07) is 8.51. The summed E-state index contributed by atoms with van der Waals surface area (Å²) in [4.78, 5) is 33.9. The van der Waals surface area contributed by atoms with Crippen molar-refractivity contribution in [3.8, 4) is 11.6 Å². The van der Waals surface area contributed by atoms with Gasteiger partial charge in [0.15, 0.2) is 0 Å². The lowest BCUT2D eigenvalue weighted by Gasteiger charge is -2.24. The molecule has 0 bridgehead atoms. The van der Waals surface area contributed by atoms with Crippen LogP contribution in [0.1, 0.15) is 26.4 Å². The van der Waals surface area contributed by atoms with Crippen molar-refractivity contribution in [2.75, 3.05) is 25.2 Å². The molecule has 3 aromatic rings. The van der Waals surface area contributed by atoms with E-state index >= 15 is 0 Å². The maximum Gasteiger partial charge on any atom is 0.421 e. The summed E-state index contributed by atoms with van der Waals surface area (Å²) < 4.78 is 50.7. The van der Waals surface area contributed by atoms with E-state index in [1.807, 2.05) is 0 Å². The molecule has 0 aliphatic heterocycles. The minimum atomic E-state index is -4.72. The zero-order valence-corrected chi connectivity index (χ0v) is 19.1. The number of ether oxygens (including phenoxy) is 2. The van der Waals surface area contributed by atoms with Gasteiger partial charge in [0.25, 0.3) is 5.91 Å². The number of benzene rings is 1. The Kier molecular flexibility index (Phi) is 7.84. The number of carboxylic acid groups (broad SMARTS) is 1. The van der Waals surface area contributed by atoms with Gasteiger partial charge in [-0.05, 0) is 58.4 Å². The SMILES string of the molecule is COCCN(C(=O)c1ccc(Br)cn1)c1ccc(Oc2ncccc2C(F)(F)F)cc1C(=O)O. The van der Waals surface area contributed by atoms with Crippen LogP contribution in [0.3, 0.4) is 0 Å². The maximum absolute atomic E-state index is 13.2. The molecule has 12 heteroatoms. The number of hydrogen-bond acceptors (Lipinski definition) is 6. The van der Waals surface area contributed by atoms with E-state index in [1.165, 1.54) is 31.5 Å². The number of nitrogens with zero attached hydrogens (tertiary/aromatic N) is 3. The quantitative estimate of drug-likeness (QED) is 0.427. The Hall–Kier alpha value is -3.51. The lowest BCUT2D eigenvalue weighted by atomic mass is 10.1. The van der Waals surface area contributed by atoms with Gasteiger partial charge in [-0.25, -0.2) is 14.8 Å². The van der Waals surface area contributed by atoms with Crippen LogP contribution in [0.15, 0.2) is 59.3 Å². The van der Waals surface area contributed by atoms with Crippen LogP contribution in [-0.4, -0.2) is 47.2 Å². The highest BCUT2D eigenvalue weighted by atomic mass is 79.9. The van der Waals surface area contributed by atoms with Crippen molar-refractivity contribution < 1.29 is 37.3 Å². The molecule has 0 unspecified atom stereocenters. The number of methoxy groups -OCH3 is 1. The van der Waals surface area contributed by atoms with Crippen LogP contribution in [0.25, 0.3) is 0 Å². The van der Waals surface area contributed by atoms with Gasteiger partial charge in [-0.15, -0.1) is 0 Å². The average Bonchev–Trinajstić information content (AvgIpc) is 2.80. The highest BCUT2D eigenvalue weighted by Crippen LogP contribution is 2.37. The highest BCUT2D eigenvalue weighted by Gasteiger charge is 2.35. The van der Waals surface area contributed by atoms with Gasteiger partial charge in [0.1, 0.15) is 17.0 Å². The van der Waals surface area contributed by atoms with Crippen molar-refractivity contribution in [1.29, 1.82) is 0 Å². The van der Waals surface area contributed by atoms with E-state index in [2.05, 4.69) is 25.9 Å². The molecule has 0 fully saturated rings. The van der Waals surface area contributed by atoms with Gasteiger partial charge in [0.2, 0.25) is 5.88 Å². The van der Waals surface area contributed by atoms with Crippen molar-refractivity contribution in [1.82, 2.24) is 9.97 Å². The van der Waals surface area contributed by atoms with Crippen molar-refractivity contribution >= 4 is 33.5 Å². The summed E-state index contributed by atoms with van der Waals surface area (Å²) in [5.41, 5.74) is -1.44. The zero-order valence-electron chi connectivity index (χ0n) is 17.5. The second-order valence-electron chi connectivity index (χ2n) is 6.75. The van der Waals surface area contributed by atoms with Gasteiger partial charge >= 0.3 is 12.1 Å². The number of aromatic carboxylic acids is 1. The van der Waals surface area contributed by atoms with Crippen LogP contribution in [0.5, 0.6) is 11.6 Å². The van der Waals surface area contributed by atoms with Gasteiger partial charge < -0.3 is 19.5 Å². The van der Waals surface area contributed by atoms with Crippen LogP contribution >= 0.6 is 15.9 Å². The van der Waals surface area contributed by atoms with E-state index < -0.39 is 29.5 Å². The molecule has 0 radical (unpaired) electrons. The average molecular weight is 540 g/mol. The Morgan fingerprint density at radius 3 is 2.53 bits per heavy atom. The molecular formula is C22H17BrF3N3O5. The number of alkyl halides is 3. The minimum Gasteiger partial charge on any atom is -0.478 e. The number of carboxylic acids is 1. The summed E-state index contributed by atoms with van der Waals surface area (Å²) in [5, 5.41) is 9.76. The Labute approximate surface area is 200 Å². The first kappa shape index (κ1) is 25.1. The summed E-state index contributed by atoms with van der Waals surface area (Å²) in [6.45, 7) is 0.0779. The molecule has 0 atom stereocenters. The molecule has 1 amide bonds. The Balaban J connectivity index is 2.01. The van der Waals surface area contributed by atoms with E-state index in [-0.39, 0.29) is 35.8 Å². The molecule has 178 valence electrons. The van der Waals surface area contributed by atoms with Crippen LogP contribution in [0, 0.1) is 0 Å². The second kappa shape index (κ2) is 10.6. The first-order valence-corrected chi connectivity index (χ1v) is 10.4. The fraction of sp³-hybridized carbons (Fsp3) is 0.182. The highest BCUT2D eigenvalue weighted by molar-refractivity contribution is 9.10. The van der Waals surface area contributed by atoms with Gasteiger partial charge in [0.05, 0.1) is 17.9 Å². The number of halogens is 4. The number of rotatable bonds is 8. The van der Waals surface area contributed by atoms with E-state index in [9.17, 15) is 27.9 Å². The maximum atomic E-state index is 13.2. The predicted octanol–water partition coefficient (Wildman–Crippen LogP) is 5.04. The lowest BCUT2D eigenvalue weighted by Crippen LogP contribution is -2.35. The summed E-state index contributed by atoms with van der Waals surface area (Å²) in [6.07, 6.45) is -2.19. The van der Waals surface area contributed by atoms with Crippen molar-refractivity contribution in [3.05, 3.63) is 76.2 Å². The zero-order chi connectivity index (χ0) is 24.9. The molecule has 8 nitrogen and oxygen atoms in total. The number of carbonyl (C=O) groups excluding carboxylic acids is 1. The Morgan fingerprint density at radius 1 is 1.15 bits per heavy atom. The number of carbonyl (C=O) groups is 2. The van der Waals surface area contributed by atoms with E-state index in [0.717, 1.165) is 29.3 Å². The van der Waals surface area contributed by atoms with Crippen LogP contribution in [0.4, 0.5) is 18.9 Å². The first-order chi connectivity index (χ1) is 16.1. The van der Waals surface area contributed by atoms with Crippen LogP contribution in [-0.2, 0) is 10.9 Å². The summed E-state index contributed by atoms with van der Waals surface area (Å²) >= 11 is 3.23. The van der Waals surface area contributed by atoms with Crippen molar-refractivity contribution in [2.45, 2.75) is 6.18 Å². The molecule has 3 rings (SSSR count). The molecule has 2 aromatic heterocycles. The van der Waals surface area contributed by atoms with E-state index in [1.54, 1.807) is 6.07 Å². The number of aromatic nitrogens is 2. The molecule has 1 aromatic carbocycles. The molecule has 1 N–H and O–H groups in total. The third kappa shape index (κ3) is 5.88. The topological polar surface area (TPSA) is 102 Å². The fourth-order valence-corrected chi connectivity index (χ4v) is 3.17. The molecular weight excluding hydrogens is 523 g/mol. The number of anilines is 1. The third-order valence-electron chi connectivity index (χ3n) is 4.49. The smallest absolute Gasteiger partial charge is 0.421 e. The molecule has 34 heavy (non-hydrogen) atoms. The second-order valence-corrected chi connectivity index (χ2v) is 7.67. The normalized spacial score (nSPS) is 11.2. The van der Waals surface area contributed by atoms with E-state index in [4.69, 9.17) is 9.47 Å². The largest absolute Gasteiger partial charge is 0.478 e. The monoisotopic (exact) mass is 539 g/mol. The van der Waals surface area contributed by atoms with E-state index in [0.29, 0.717) is 4.47 Å². The fourth-order valence-electron chi connectivity index (χ4n) is 2.94. The first-order valence-electron chi connectivity index (χ1n) is 9.61. The summed E-state index contributed by atoms with van der Waals surface area (Å²) in [5.74, 6) is -2.95. The summed E-state index contributed by atoms with van der Waals surface area (Å²) in [7, 11) is 1.42. The third-order valence-corrected chi connectivity index (χ3v) is 4.96. The Morgan fingerprint density at radius 2 is 1.91 bits per heavy atom. The van der Waals surface area contributed by atoms with Gasteiger partial charge in [-0.1, -0.05) is 0 Å². The number of pyridine rings is 2. The molecule has 0 saturated carbocycles. The minimum absolute atomic E-state index is 0.00791. The molecule has 0 aliphatic rings. The van der Waals surface area contributed by atoms with Gasteiger partial charge in [-0.2, -0.15) is 13.2 Å². The van der Waals surface area contributed by atoms with Crippen molar-refractivity contribution in [3.63, 3.8) is 0 Å². The van der Waals surface area contributed by atoms with Gasteiger partial charge in [0, 0.05) is 30.5 Å². The van der Waals surface area contributed by atoms with Crippen LogP contribution in [0.2, 0.25) is 0 Å². The van der Waals surface area contributed by atoms with Crippen LogP contribution < -0.4 is 9.64 Å². The molecule has 0 saturated heterocycles. The molecule has 0 aliphatic carbocycles. The number of amides is 1. The number of hydrogen-bond donors (Lipinski definition) is 1.